The SMILES string of the molecule is CC(NC(=O)O)c1ccc(Cl)cc1Br. The zero-order valence-electron chi connectivity index (χ0n) is 7.42. The fourth-order valence-electron chi connectivity index (χ4n) is 1.12. The van der Waals surface area contributed by atoms with Crippen LogP contribution in [0, 0.1) is 0 Å². The fourth-order valence-corrected chi connectivity index (χ4v) is 2.14. The van der Waals surface area contributed by atoms with Crippen molar-refractivity contribution < 1.29 is 9.90 Å². The highest BCUT2D eigenvalue weighted by Gasteiger charge is 2.11. The number of halogens is 2. The molecule has 0 aromatic heterocycles. The quantitative estimate of drug-likeness (QED) is 0.871. The minimum Gasteiger partial charge on any atom is -0.465 e. The van der Waals surface area contributed by atoms with Crippen molar-refractivity contribution in [1.29, 1.82) is 0 Å². The Hall–Kier alpha value is -0.740. The summed E-state index contributed by atoms with van der Waals surface area (Å²) < 4.78 is 0.797. The lowest BCUT2D eigenvalue weighted by molar-refractivity contribution is 0.191. The average Bonchev–Trinajstić information content (AvgIpc) is 2.01. The van der Waals surface area contributed by atoms with Gasteiger partial charge < -0.3 is 10.4 Å². The maximum absolute atomic E-state index is 10.4. The molecule has 1 aromatic carbocycles. The summed E-state index contributed by atoms with van der Waals surface area (Å²) in [5.41, 5.74) is 0.858. The molecule has 1 rings (SSSR count). The normalized spacial score (nSPS) is 12.2. The molecule has 0 heterocycles. The standard InChI is InChI=1S/C9H9BrClNO2/c1-5(12-9(13)14)7-3-2-6(11)4-8(7)10/h2-5,12H,1H3,(H,13,14). The second kappa shape index (κ2) is 4.66. The van der Waals surface area contributed by atoms with E-state index in [9.17, 15) is 4.79 Å². The third-order valence-electron chi connectivity index (χ3n) is 1.77. The van der Waals surface area contributed by atoms with Crippen molar-refractivity contribution in [3.05, 3.63) is 33.3 Å². The maximum atomic E-state index is 10.4. The molecule has 1 amide bonds. The summed E-state index contributed by atoms with van der Waals surface area (Å²) in [5.74, 6) is 0. The van der Waals surface area contributed by atoms with Crippen LogP contribution < -0.4 is 5.32 Å². The molecule has 76 valence electrons. The number of benzene rings is 1. The van der Waals surface area contributed by atoms with Gasteiger partial charge in [0, 0.05) is 9.50 Å². The maximum Gasteiger partial charge on any atom is 0.405 e. The highest BCUT2D eigenvalue weighted by molar-refractivity contribution is 9.10. The molecule has 2 N–H and O–H groups in total. The molecule has 0 aliphatic rings. The van der Waals surface area contributed by atoms with Crippen molar-refractivity contribution in [2.45, 2.75) is 13.0 Å². The number of nitrogens with one attached hydrogen (secondary N) is 1. The molecule has 0 fully saturated rings. The summed E-state index contributed by atoms with van der Waals surface area (Å²) >= 11 is 9.08. The van der Waals surface area contributed by atoms with E-state index in [1.54, 1.807) is 25.1 Å². The highest BCUT2D eigenvalue weighted by Crippen LogP contribution is 2.26. The first-order valence-electron chi connectivity index (χ1n) is 3.95. The Kier molecular flexibility index (Phi) is 3.77. The van der Waals surface area contributed by atoms with Gasteiger partial charge in [-0.1, -0.05) is 33.6 Å². The van der Waals surface area contributed by atoms with Gasteiger partial charge in [-0.25, -0.2) is 4.79 Å². The fraction of sp³-hybridized carbons (Fsp3) is 0.222. The van der Waals surface area contributed by atoms with Gasteiger partial charge >= 0.3 is 6.09 Å². The molecule has 0 spiro atoms. The monoisotopic (exact) mass is 277 g/mol. The van der Waals surface area contributed by atoms with Gasteiger partial charge in [-0.15, -0.1) is 0 Å². The van der Waals surface area contributed by atoms with Gasteiger partial charge in [0.2, 0.25) is 0 Å². The van der Waals surface area contributed by atoms with Crippen LogP contribution in [0.4, 0.5) is 4.79 Å². The van der Waals surface area contributed by atoms with E-state index in [-0.39, 0.29) is 6.04 Å². The molecule has 1 aromatic rings. The van der Waals surface area contributed by atoms with E-state index < -0.39 is 6.09 Å². The Morgan fingerprint density at radius 2 is 2.29 bits per heavy atom. The highest BCUT2D eigenvalue weighted by atomic mass is 79.9. The number of hydrogen-bond donors (Lipinski definition) is 2. The van der Waals surface area contributed by atoms with Crippen LogP contribution in [0.25, 0.3) is 0 Å². The predicted octanol–water partition coefficient (Wildman–Crippen LogP) is 3.43. The van der Waals surface area contributed by atoms with Crippen molar-refractivity contribution >= 4 is 33.6 Å². The van der Waals surface area contributed by atoms with Crippen molar-refractivity contribution in [2.75, 3.05) is 0 Å². The first-order valence-corrected chi connectivity index (χ1v) is 5.12. The summed E-state index contributed by atoms with van der Waals surface area (Å²) in [7, 11) is 0. The van der Waals surface area contributed by atoms with E-state index in [1.807, 2.05) is 0 Å². The third kappa shape index (κ3) is 2.89. The molecule has 1 atom stereocenters. The summed E-state index contributed by atoms with van der Waals surface area (Å²) in [6.45, 7) is 1.77. The molecule has 0 saturated carbocycles. The van der Waals surface area contributed by atoms with Crippen molar-refractivity contribution in [2.24, 2.45) is 0 Å². The van der Waals surface area contributed by atoms with Gasteiger partial charge in [-0.3, -0.25) is 0 Å². The molecule has 0 radical (unpaired) electrons. The minimum atomic E-state index is -1.04. The molecule has 0 saturated heterocycles. The average molecular weight is 279 g/mol. The van der Waals surface area contributed by atoms with Crippen LogP contribution >= 0.6 is 27.5 Å². The second-order valence-corrected chi connectivity index (χ2v) is 4.13. The molecule has 14 heavy (non-hydrogen) atoms. The van der Waals surface area contributed by atoms with Crippen LogP contribution in [0.5, 0.6) is 0 Å². The molecule has 5 heteroatoms. The van der Waals surface area contributed by atoms with Crippen LogP contribution in [0.15, 0.2) is 22.7 Å². The van der Waals surface area contributed by atoms with E-state index in [0.717, 1.165) is 10.0 Å². The Bertz CT molecular complexity index is 357. The molecular weight excluding hydrogens is 269 g/mol. The van der Waals surface area contributed by atoms with E-state index in [1.165, 1.54) is 0 Å². The van der Waals surface area contributed by atoms with Crippen molar-refractivity contribution in [3.8, 4) is 0 Å². The van der Waals surface area contributed by atoms with Crippen molar-refractivity contribution in [1.82, 2.24) is 5.32 Å². The largest absolute Gasteiger partial charge is 0.465 e. The number of carboxylic acid groups (broad SMARTS) is 1. The van der Waals surface area contributed by atoms with Gasteiger partial charge in [0.25, 0.3) is 0 Å². The molecular formula is C9H9BrClNO2. The zero-order chi connectivity index (χ0) is 10.7. The Balaban J connectivity index is 2.90. The molecule has 0 bridgehead atoms. The lowest BCUT2D eigenvalue weighted by Crippen LogP contribution is -2.24. The van der Waals surface area contributed by atoms with E-state index in [4.69, 9.17) is 16.7 Å². The summed E-state index contributed by atoms with van der Waals surface area (Å²) in [5, 5.41) is 11.5. The van der Waals surface area contributed by atoms with Crippen LogP contribution in [0.2, 0.25) is 5.02 Å². The second-order valence-electron chi connectivity index (χ2n) is 2.84. The summed E-state index contributed by atoms with van der Waals surface area (Å²) in [6, 6.07) is 4.98. The van der Waals surface area contributed by atoms with Crippen molar-refractivity contribution in [3.63, 3.8) is 0 Å². The Labute approximate surface area is 95.2 Å². The lowest BCUT2D eigenvalue weighted by atomic mass is 10.1. The number of amides is 1. The first-order chi connectivity index (χ1) is 6.50. The first kappa shape index (κ1) is 11.3. The lowest BCUT2D eigenvalue weighted by Gasteiger charge is -2.13. The summed E-state index contributed by atoms with van der Waals surface area (Å²) in [4.78, 5) is 10.4. The number of hydrogen-bond acceptors (Lipinski definition) is 1. The topological polar surface area (TPSA) is 49.3 Å². The Morgan fingerprint density at radius 3 is 2.79 bits per heavy atom. The zero-order valence-corrected chi connectivity index (χ0v) is 9.76. The van der Waals surface area contributed by atoms with Crippen LogP contribution in [-0.2, 0) is 0 Å². The van der Waals surface area contributed by atoms with Crippen LogP contribution in [0.1, 0.15) is 18.5 Å². The van der Waals surface area contributed by atoms with Gasteiger partial charge in [0.05, 0.1) is 6.04 Å². The van der Waals surface area contributed by atoms with Crippen LogP contribution in [-0.4, -0.2) is 11.2 Å². The van der Waals surface area contributed by atoms with Gasteiger partial charge in [0.15, 0.2) is 0 Å². The molecule has 3 nitrogen and oxygen atoms in total. The number of rotatable bonds is 2. The smallest absolute Gasteiger partial charge is 0.405 e. The van der Waals surface area contributed by atoms with E-state index >= 15 is 0 Å². The van der Waals surface area contributed by atoms with E-state index in [0.29, 0.717) is 5.02 Å². The summed E-state index contributed by atoms with van der Waals surface area (Å²) in [6.07, 6.45) is -1.04. The molecule has 0 aliphatic carbocycles. The molecule has 0 aliphatic heterocycles. The van der Waals surface area contributed by atoms with Crippen LogP contribution in [0.3, 0.4) is 0 Å². The number of carbonyl (C=O) groups is 1. The van der Waals surface area contributed by atoms with Gasteiger partial charge in [-0.2, -0.15) is 0 Å². The predicted molar refractivity (Wildman–Crippen MR) is 58.7 cm³/mol. The minimum absolute atomic E-state index is 0.265. The van der Waals surface area contributed by atoms with Gasteiger partial charge in [-0.05, 0) is 24.6 Å². The third-order valence-corrected chi connectivity index (χ3v) is 2.69. The molecule has 1 unspecified atom stereocenters. The van der Waals surface area contributed by atoms with E-state index in [2.05, 4.69) is 21.2 Å². The van der Waals surface area contributed by atoms with Gasteiger partial charge in [0.1, 0.15) is 0 Å². The Morgan fingerprint density at radius 1 is 1.64 bits per heavy atom.